The number of nitrogens with one attached hydrogen (secondary N) is 1. The molecule has 0 unspecified atom stereocenters. The lowest BCUT2D eigenvalue weighted by molar-refractivity contribution is -0.119. The Kier molecular flexibility index (Phi) is 2.46. The number of ketones is 2. The molecule has 0 spiro atoms. The number of hydrogen-bond acceptors (Lipinski definition) is 5. The van der Waals surface area contributed by atoms with E-state index in [-0.39, 0.29) is 22.8 Å². The average molecular weight is 259 g/mol. The highest BCUT2D eigenvalue weighted by molar-refractivity contribution is 6.17. The van der Waals surface area contributed by atoms with Gasteiger partial charge in [-0.3, -0.25) is 14.4 Å². The Hall–Kier alpha value is -2.47. The summed E-state index contributed by atoms with van der Waals surface area (Å²) >= 11 is 0. The first-order chi connectivity index (χ1) is 9.06. The molecule has 1 saturated heterocycles. The summed E-state index contributed by atoms with van der Waals surface area (Å²) in [6.45, 7) is 0. The molecule has 6 nitrogen and oxygen atoms in total. The van der Waals surface area contributed by atoms with Gasteiger partial charge < -0.3 is 15.2 Å². The molecule has 2 N–H and O–H groups in total. The van der Waals surface area contributed by atoms with E-state index < -0.39 is 23.9 Å². The molecule has 6 heteroatoms. The van der Waals surface area contributed by atoms with Crippen molar-refractivity contribution in [2.75, 3.05) is 0 Å². The lowest BCUT2D eigenvalue weighted by Gasteiger charge is -2.10. The third-order valence-electron chi connectivity index (χ3n) is 2.94. The molecule has 1 amide bonds. The maximum absolute atomic E-state index is 11.9. The van der Waals surface area contributed by atoms with Crippen molar-refractivity contribution in [3.8, 4) is 5.75 Å². The number of phenols is 1. The number of epoxide rings is 1. The Bertz CT molecular complexity index is 634. The number of benzene rings is 1. The Morgan fingerprint density at radius 2 is 2.05 bits per heavy atom. The number of aromatic hydroxyl groups is 1. The molecular formula is C13H9NO5. The topological polar surface area (TPSA) is 96.0 Å². The fourth-order valence-corrected chi connectivity index (χ4v) is 1.92. The average Bonchev–Trinajstić information content (AvgIpc) is 3.16. The number of fused-ring (bicyclic) bond motifs is 1. The second kappa shape index (κ2) is 4.03. The van der Waals surface area contributed by atoms with Gasteiger partial charge in [-0.1, -0.05) is 6.07 Å². The number of phenolic OH excluding ortho intramolecular Hbond substituents is 1. The van der Waals surface area contributed by atoms with Crippen LogP contribution in [0.25, 0.3) is 0 Å². The molecule has 1 fully saturated rings. The van der Waals surface area contributed by atoms with E-state index in [1.165, 1.54) is 24.3 Å². The van der Waals surface area contributed by atoms with Crippen molar-refractivity contribution in [2.45, 2.75) is 12.2 Å². The number of ether oxygens (including phenoxy) is 1. The third-order valence-corrected chi connectivity index (χ3v) is 2.94. The van der Waals surface area contributed by atoms with E-state index in [4.69, 9.17) is 4.74 Å². The summed E-state index contributed by atoms with van der Waals surface area (Å²) in [6.07, 6.45) is -0.345. The SMILES string of the molecule is O=C(NC1=CC(=O)[C@@H]2O[C@@H]2C1=O)c1cccc(O)c1. The second-order valence-corrected chi connectivity index (χ2v) is 4.31. The highest BCUT2D eigenvalue weighted by Crippen LogP contribution is 2.30. The van der Waals surface area contributed by atoms with Crippen LogP contribution in [0.4, 0.5) is 0 Å². The number of hydrogen-bond donors (Lipinski definition) is 2. The van der Waals surface area contributed by atoms with Crippen molar-refractivity contribution in [3.05, 3.63) is 41.6 Å². The van der Waals surface area contributed by atoms with Crippen LogP contribution in [0.5, 0.6) is 5.75 Å². The number of Topliss-reactive ketones (excluding diaryl/α,β-unsaturated/α-hetero) is 1. The summed E-state index contributed by atoms with van der Waals surface area (Å²) in [4.78, 5) is 35.0. The molecule has 0 radical (unpaired) electrons. The minimum atomic E-state index is -0.753. The van der Waals surface area contributed by atoms with E-state index in [1.807, 2.05) is 0 Å². The quantitative estimate of drug-likeness (QED) is 0.724. The van der Waals surface area contributed by atoms with Gasteiger partial charge in [-0.25, -0.2) is 0 Å². The molecule has 1 aliphatic carbocycles. The van der Waals surface area contributed by atoms with Crippen LogP contribution in [-0.4, -0.2) is 34.8 Å². The molecule has 1 aromatic carbocycles. The fraction of sp³-hybridized carbons (Fsp3) is 0.154. The molecule has 1 aliphatic heterocycles. The van der Waals surface area contributed by atoms with E-state index in [9.17, 15) is 19.5 Å². The zero-order valence-corrected chi connectivity index (χ0v) is 9.62. The molecule has 1 aromatic rings. The Labute approximate surface area is 107 Å². The molecule has 2 atom stereocenters. The van der Waals surface area contributed by atoms with E-state index in [0.29, 0.717) is 0 Å². The predicted molar refractivity (Wildman–Crippen MR) is 62.3 cm³/mol. The molecule has 2 aliphatic rings. The van der Waals surface area contributed by atoms with Gasteiger partial charge in [-0.15, -0.1) is 0 Å². The smallest absolute Gasteiger partial charge is 0.255 e. The van der Waals surface area contributed by atoms with Crippen molar-refractivity contribution >= 4 is 17.5 Å². The van der Waals surface area contributed by atoms with Crippen LogP contribution in [-0.2, 0) is 14.3 Å². The minimum absolute atomic E-state index is 0.0572. The lowest BCUT2D eigenvalue weighted by Crippen LogP contribution is -2.34. The van der Waals surface area contributed by atoms with Crippen molar-refractivity contribution in [1.82, 2.24) is 5.32 Å². The van der Waals surface area contributed by atoms with Crippen LogP contribution in [0.3, 0.4) is 0 Å². The van der Waals surface area contributed by atoms with Gasteiger partial charge in [-0.2, -0.15) is 0 Å². The minimum Gasteiger partial charge on any atom is -0.508 e. The van der Waals surface area contributed by atoms with Gasteiger partial charge in [-0.05, 0) is 18.2 Å². The fourth-order valence-electron chi connectivity index (χ4n) is 1.92. The van der Waals surface area contributed by atoms with Crippen LogP contribution in [0.1, 0.15) is 10.4 Å². The third kappa shape index (κ3) is 2.02. The first kappa shape index (κ1) is 11.6. The van der Waals surface area contributed by atoms with Crippen molar-refractivity contribution in [3.63, 3.8) is 0 Å². The lowest BCUT2D eigenvalue weighted by atomic mass is 10.0. The van der Waals surface area contributed by atoms with Gasteiger partial charge in [0.1, 0.15) is 5.75 Å². The molecule has 0 aromatic heterocycles. The summed E-state index contributed by atoms with van der Waals surface area (Å²) in [6, 6.07) is 5.68. The van der Waals surface area contributed by atoms with E-state index in [1.54, 1.807) is 0 Å². The largest absolute Gasteiger partial charge is 0.508 e. The number of carbonyl (C=O) groups excluding carboxylic acids is 3. The van der Waals surface area contributed by atoms with E-state index in [2.05, 4.69) is 5.32 Å². The molecular weight excluding hydrogens is 250 g/mol. The molecule has 19 heavy (non-hydrogen) atoms. The maximum Gasteiger partial charge on any atom is 0.255 e. The highest BCUT2D eigenvalue weighted by Gasteiger charge is 2.53. The van der Waals surface area contributed by atoms with Crippen LogP contribution in [0.2, 0.25) is 0 Å². The van der Waals surface area contributed by atoms with Crippen LogP contribution >= 0.6 is 0 Å². The van der Waals surface area contributed by atoms with E-state index >= 15 is 0 Å². The first-order valence-electron chi connectivity index (χ1n) is 5.62. The van der Waals surface area contributed by atoms with Crippen molar-refractivity contribution in [1.29, 1.82) is 0 Å². The number of amides is 1. The maximum atomic E-state index is 11.9. The van der Waals surface area contributed by atoms with Gasteiger partial charge in [0.15, 0.2) is 18.0 Å². The standard InChI is InChI=1S/C13H9NO5/c15-7-3-1-2-6(4-7)13(18)14-8-5-9(16)11-12(19-11)10(8)17/h1-5,11-12,15H,(H,14,18)/t11-,12+/m0/s1. The second-order valence-electron chi connectivity index (χ2n) is 4.31. The van der Waals surface area contributed by atoms with Gasteiger partial charge in [0, 0.05) is 11.6 Å². The number of carbonyl (C=O) groups is 3. The number of rotatable bonds is 2. The summed E-state index contributed by atoms with van der Waals surface area (Å²) in [5, 5.41) is 11.6. The molecule has 0 bridgehead atoms. The van der Waals surface area contributed by atoms with Gasteiger partial charge in [0.05, 0.1) is 5.70 Å². The van der Waals surface area contributed by atoms with Crippen LogP contribution < -0.4 is 5.32 Å². The predicted octanol–water partition coefficient (Wildman–Crippen LogP) is -0.0749. The Morgan fingerprint density at radius 1 is 1.26 bits per heavy atom. The molecule has 1 heterocycles. The monoisotopic (exact) mass is 259 g/mol. The zero-order chi connectivity index (χ0) is 13.6. The molecule has 0 saturated carbocycles. The zero-order valence-electron chi connectivity index (χ0n) is 9.62. The van der Waals surface area contributed by atoms with Gasteiger partial charge in [0.25, 0.3) is 5.91 Å². The molecule has 3 rings (SSSR count). The van der Waals surface area contributed by atoms with E-state index in [0.717, 1.165) is 6.08 Å². The normalized spacial score (nSPS) is 24.5. The molecule has 96 valence electrons. The summed E-state index contributed by atoms with van der Waals surface area (Å²) < 4.78 is 4.90. The Morgan fingerprint density at radius 3 is 2.79 bits per heavy atom. The summed E-state index contributed by atoms with van der Waals surface area (Å²) in [7, 11) is 0. The van der Waals surface area contributed by atoms with Crippen molar-refractivity contribution < 1.29 is 24.2 Å². The van der Waals surface area contributed by atoms with Crippen LogP contribution in [0, 0.1) is 0 Å². The Balaban J connectivity index is 1.80. The summed E-state index contributed by atoms with van der Waals surface area (Å²) in [5.41, 5.74) is 0.122. The van der Waals surface area contributed by atoms with Crippen LogP contribution in [0.15, 0.2) is 36.0 Å². The van der Waals surface area contributed by atoms with Gasteiger partial charge in [0.2, 0.25) is 5.78 Å². The van der Waals surface area contributed by atoms with Gasteiger partial charge >= 0.3 is 0 Å². The highest BCUT2D eigenvalue weighted by atomic mass is 16.6. The summed E-state index contributed by atoms with van der Waals surface area (Å²) in [5.74, 6) is -1.35. The first-order valence-corrected chi connectivity index (χ1v) is 5.62. The van der Waals surface area contributed by atoms with Crippen molar-refractivity contribution in [2.24, 2.45) is 0 Å².